The third-order valence-corrected chi connectivity index (χ3v) is 5.26. The third kappa shape index (κ3) is 2.08. The Labute approximate surface area is 127 Å². The lowest BCUT2D eigenvalue weighted by molar-refractivity contribution is 0.561. The topological polar surface area (TPSA) is 42.2 Å². The first kappa shape index (κ1) is 13.0. The van der Waals surface area contributed by atoms with E-state index < -0.39 is 0 Å². The number of aryl methyl sites for hydroxylation is 2. The highest BCUT2D eigenvalue weighted by Gasteiger charge is 2.27. The summed E-state index contributed by atoms with van der Waals surface area (Å²) in [5, 5.41) is 8.17. The van der Waals surface area contributed by atoms with Gasteiger partial charge >= 0.3 is 0 Å². The Morgan fingerprint density at radius 1 is 1.33 bits per heavy atom. The quantitative estimate of drug-likeness (QED) is 0.791. The number of hydrogen-bond donors (Lipinski definition) is 1. The molecule has 21 heavy (non-hydrogen) atoms. The first-order valence-electron chi connectivity index (χ1n) is 7.43. The van der Waals surface area contributed by atoms with Crippen LogP contribution in [-0.4, -0.2) is 21.1 Å². The zero-order chi connectivity index (χ0) is 14.4. The normalized spacial score (nSPS) is 18.1. The van der Waals surface area contributed by atoms with E-state index in [1.54, 1.807) is 11.3 Å². The van der Waals surface area contributed by atoms with Crippen LogP contribution < -0.4 is 5.32 Å². The molecule has 108 valence electrons. The summed E-state index contributed by atoms with van der Waals surface area (Å²) in [7, 11) is 0. The summed E-state index contributed by atoms with van der Waals surface area (Å²) in [5.74, 6) is 0.853. The molecular weight excluding hydrogens is 280 g/mol. The number of thiazole rings is 1. The van der Waals surface area contributed by atoms with Gasteiger partial charge in [0.15, 0.2) is 0 Å². The first-order valence-corrected chi connectivity index (χ1v) is 8.25. The number of nitrogens with zero attached hydrogens (tertiary/aromatic N) is 3. The Morgan fingerprint density at radius 2 is 2.14 bits per heavy atom. The van der Waals surface area contributed by atoms with E-state index in [0.717, 1.165) is 30.2 Å². The van der Waals surface area contributed by atoms with Crippen molar-refractivity contribution < 1.29 is 0 Å². The van der Waals surface area contributed by atoms with E-state index in [4.69, 9.17) is 0 Å². The molecule has 0 aliphatic carbocycles. The van der Waals surface area contributed by atoms with E-state index in [2.05, 4.69) is 46.6 Å². The maximum absolute atomic E-state index is 4.53. The highest BCUT2D eigenvalue weighted by molar-refractivity contribution is 7.17. The molecule has 0 fully saturated rings. The minimum Gasteiger partial charge on any atom is -0.305 e. The fraction of sp³-hybridized carbons (Fsp3) is 0.375. The molecule has 1 N–H and O–H groups in total. The minimum absolute atomic E-state index is 0.272. The van der Waals surface area contributed by atoms with E-state index >= 15 is 0 Å². The van der Waals surface area contributed by atoms with Crippen molar-refractivity contribution in [2.75, 3.05) is 6.54 Å². The summed E-state index contributed by atoms with van der Waals surface area (Å²) < 4.78 is 2.03. The van der Waals surface area contributed by atoms with Gasteiger partial charge in [-0.1, -0.05) is 42.5 Å². The van der Waals surface area contributed by atoms with Crippen molar-refractivity contribution in [3.8, 4) is 0 Å². The van der Waals surface area contributed by atoms with Crippen molar-refractivity contribution >= 4 is 16.3 Å². The van der Waals surface area contributed by atoms with Crippen LogP contribution in [0.25, 0.3) is 4.96 Å². The van der Waals surface area contributed by atoms with Gasteiger partial charge in [0.2, 0.25) is 4.96 Å². The molecule has 2 aromatic heterocycles. The van der Waals surface area contributed by atoms with Crippen LogP contribution in [0.1, 0.15) is 40.5 Å². The number of aromatic nitrogens is 3. The molecule has 0 saturated heterocycles. The van der Waals surface area contributed by atoms with Crippen molar-refractivity contribution in [3.05, 3.63) is 51.8 Å². The van der Waals surface area contributed by atoms with Crippen LogP contribution in [0.3, 0.4) is 0 Å². The standard InChI is InChI=1S/C16H18N4S/c1-3-11-4-6-12(7-5-11)14-15-13(8-9-17-14)20-16(21-15)18-10(2)19-20/h4-7,14,17H,3,8-9H2,1-2H3. The monoisotopic (exact) mass is 298 g/mol. The Bertz CT molecular complexity index is 785. The van der Waals surface area contributed by atoms with Crippen LogP contribution in [0.2, 0.25) is 0 Å². The molecule has 1 aromatic carbocycles. The van der Waals surface area contributed by atoms with Crippen LogP contribution in [0.15, 0.2) is 24.3 Å². The van der Waals surface area contributed by atoms with E-state index in [-0.39, 0.29) is 6.04 Å². The summed E-state index contributed by atoms with van der Waals surface area (Å²) in [6.45, 7) is 5.13. The molecule has 0 amide bonds. The van der Waals surface area contributed by atoms with E-state index in [1.165, 1.54) is 21.7 Å². The van der Waals surface area contributed by atoms with Crippen LogP contribution in [0.5, 0.6) is 0 Å². The molecule has 1 unspecified atom stereocenters. The third-order valence-electron chi connectivity index (χ3n) is 4.12. The molecule has 1 aliphatic rings. The van der Waals surface area contributed by atoms with Crippen molar-refractivity contribution in [3.63, 3.8) is 0 Å². The Hall–Kier alpha value is -1.72. The Morgan fingerprint density at radius 3 is 2.90 bits per heavy atom. The molecule has 3 aromatic rings. The number of rotatable bonds is 2. The number of nitrogens with one attached hydrogen (secondary N) is 1. The van der Waals surface area contributed by atoms with Crippen LogP contribution >= 0.6 is 11.3 Å². The largest absolute Gasteiger partial charge is 0.305 e. The molecule has 3 heterocycles. The molecule has 5 heteroatoms. The van der Waals surface area contributed by atoms with Gasteiger partial charge in [0, 0.05) is 13.0 Å². The fourth-order valence-corrected chi connectivity index (χ4v) is 4.25. The summed E-state index contributed by atoms with van der Waals surface area (Å²) in [6, 6.07) is 9.21. The summed E-state index contributed by atoms with van der Waals surface area (Å²) in [4.78, 5) is 6.89. The average molecular weight is 298 g/mol. The van der Waals surface area contributed by atoms with Crippen molar-refractivity contribution in [1.29, 1.82) is 0 Å². The molecule has 4 nitrogen and oxygen atoms in total. The van der Waals surface area contributed by atoms with Gasteiger partial charge in [0.25, 0.3) is 0 Å². The zero-order valence-corrected chi connectivity index (χ0v) is 13.1. The van der Waals surface area contributed by atoms with Crippen LogP contribution in [0.4, 0.5) is 0 Å². The average Bonchev–Trinajstić information content (AvgIpc) is 3.03. The molecule has 0 saturated carbocycles. The number of fused-ring (bicyclic) bond motifs is 3. The van der Waals surface area contributed by atoms with Gasteiger partial charge < -0.3 is 5.32 Å². The smallest absolute Gasteiger partial charge is 0.212 e. The SMILES string of the molecule is CCc1ccc(C2NCCc3c2sc2nc(C)nn32)cc1. The van der Waals surface area contributed by atoms with Crippen molar-refractivity contribution in [2.45, 2.75) is 32.7 Å². The van der Waals surface area contributed by atoms with E-state index in [0.29, 0.717) is 0 Å². The molecule has 4 rings (SSSR count). The van der Waals surface area contributed by atoms with Gasteiger partial charge in [-0.25, -0.2) is 9.50 Å². The summed E-state index contributed by atoms with van der Waals surface area (Å²) >= 11 is 1.76. The van der Waals surface area contributed by atoms with E-state index in [1.807, 2.05) is 11.4 Å². The highest BCUT2D eigenvalue weighted by Crippen LogP contribution is 2.35. The van der Waals surface area contributed by atoms with Crippen LogP contribution in [-0.2, 0) is 12.8 Å². The molecule has 0 bridgehead atoms. The number of hydrogen-bond acceptors (Lipinski definition) is 4. The van der Waals surface area contributed by atoms with Gasteiger partial charge in [-0.3, -0.25) is 0 Å². The lowest BCUT2D eigenvalue weighted by Gasteiger charge is -2.24. The minimum atomic E-state index is 0.272. The predicted molar refractivity (Wildman–Crippen MR) is 85.0 cm³/mol. The zero-order valence-electron chi connectivity index (χ0n) is 12.3. The second-order valence-corrected chi connectivity index (χ2v) is 6.51. The molecular formula is C16H18N4S. The van der Waals surface area contributed by atoms with Crippen molar-refractivity contribution in [1.82, 2.24) is 19.9 Å². The fourth-order valence-electron chi connectivity index (χ4n) is 3.00. The second kappa shape index (κ2) is 4.93. The highest BCUT2D eigenvalue weighted by atomic mass is 32.1. The summed E-state index contributed by atoms with van der Waals surface area (Å²) in [5.41, 5.74) is 4.03. The maximum atomic E-state index is 4.53. The van der Waals surface area contributed by atoms with Gasteiger partial charge in [0.1, 0.15) is 5.82 Å². The molecule has 0 radical (unpaired) electrons. The second-order valence-electron chi connectivity index (χ2n) is 5.50. The molecule has 1 aliphatic heterocycles. The lowest BCUT2D eigenvalue weighted by atomic mass is 9.98. The predicted octanol–water partition coefficient (Wildman–Crippen LogP) is 2.90. The van der Waals surface area contributed by atoms with Crippen LogP contribution in [0, 0.1) is 6.92 Å². The van der Waals surface area contributed by atoms with E-state index in [9.17, 15) is 0 Å². The van der Waals surface area contributed by atoms with Gasteiger partial charge in [0.05, 0.1) is 16.6 Å². The van der Waals surface area contributed by atoms with Gasteiger partial charge in [-0.15, -0.1) is 0 Å². The maximum Gasteiger partial charge on any atom is 0.212 e. The first-order chi connectivity index (χ1) is 10.3. The summed E-state index contributed by atoms with van der Waals surface area (Å²) in [6.07, 6.45) is 2.10. The Kier molecular flexibility index (Phi) is 3.05. The van der Waals surface area contributed by atoms with Gasteiger partial charge in [-0.05, 0) is 24.5 Å². The lowest BCUT2D eigenvalue weighted by Crippen LogP contribution is -2.30. The molecule has 0 spiro atoms. The Balaban J connectivity index is 1.80. The van der Waals surface area contributed by atoms with Gasteiger partial charge in [-0.2, -0.15) is 5.10 Å². The number of benzene rings is 1. The van der Waals surface area contributed by atoms with Crippen molar-refractivity contribution in [2.24, 2.45) is 0 Å². The molecule has 1 atom stereocenters.